The van der Waals surface area contributed by atoms with Gasteiger partial charge in [-0.2, -0.15) is 0 Å². The second-order valence-electron chi connectivity index (χ2n) is 7.91. The van der Waals surface area contributed by atoms with E-state index in [4.69, 9.17) is 4.74 Å². The molecule has 32 heavy (non-hydrogen) atoms. The molecule has 0 bridgehead atoms. The van der Waals surface area contributed by atoms with Gasteiger partial charge in [0.2, 0.25) is 5.78 Å². The Balaban J connectivity index is 2.12. The van der Waals surface area contributed by atoms with E-state index < -0.39 is 29.3 Å². The molecule has 1 heterocycles. The Labute approximate surface area is 187 Å². The largest absolute Gasteiger partial charge is 0.872 e. The minimum absolute atomic E-state index is 0.0931. The molecule has 2 aromatic carbocycles. The molecule has 1 N–H and O–H groups in total. The smallest absolute Gasteiger partial charge is 0.295 e. The van der Waals surface area contributed by atoms with Gasteiger partial charge in [-0.1, -0.05) is 24.0 Å². The summed E-state index contributed by atoms with van der Waals surface area (Å²) in [6.07, 6.45) is 0. The SMILES string of the molecule is CC[NH+](CC)CCN1C(=O)C(=O)/C(=C(/[O-])c2ccc(OC)cc2C)C1c1ccc(F)cc1. The number of ether oxygens (including phenoxy) is 1. The van der Waals surface area contributed by atoms with E-state index in [1.807, 2.05) is 0 Å². The fraction of sp³-hybridized carbons (Fsp3) is 0.360. The van der Waals surface area contributed by atoms with Crippen LogP contribution in [0.25, 0.3) is 5.76 Å². The lowest BCUT2D eigenvalue weighted by atomic mass is 9.94. The molecule has 1 aliphatic rings. The number of carbonyl (C=O) groups excluding carboxylic acids is 2. The molecule has 1 unspecified atom stereocenters. The van der Waals surface area contributed by atoms with Crippen molar-refractivity contribution in [1.29, 1.82) is 0 Å². The van der Waals surface area contributed by atoms with Gasteiger partial charge in [0.15, 0.2) is 0 Å². The fourth-order valence-corrected chi connectivity index (χ4v) is 4.14. The average molecular weight is 441 g/mol. The Hall–Kier alpha value is -3.19. The molecule has 1 aliphatic heterocycles. The second kappa shape index (κ2) is 9.96. The molecule has 0 saturated carbocycles. The monoisotopic (exact) mass is 440 g/mol. The van der Waals surface area contributed by atoms with Gasteiger partial charge in [0.05, 0.1) is 39.3 Å². The molecule has 1 fully saturated rings. The summed E-state index contributed by atoms with van der Waals surface area (Å²) in [7, 11) is 1.53. The van der Waals surface area contributed by atoms with E-state index in [2.05, 4.69) is 13.8 Å². The van der Waals surface area contributed by atoms with Gasteiger partial charge < -0.3 is 19.6 Å². The number of quaternary nitrogens is 1. The first-order chi connectivity index (χ1) is 15.3. The molecule has 1 amide bonds. The van der Waals surface area contributed by atoms with Crippen LogP contribution in [0.1, 0.15) is 36.6 Å². The van der Waals surface area contributed by atoms with E-state index in [0.29, 0.717) is 35.5 Å². The lowest BCUT2D eigenvalue weighted by Gasteiger charge is -2.29. The molecule has 170 valence electrons. The van der Waals surface area contributed by atoms with E-state index in [1.54, 1.807) is 25.1 Å². The van der Waals surface area contributed by atoms with Crippen molar-refractivity contribution < 1.29 is 28.7 Å². The number of carbonyl (C=O) groups is 2. The molecular weight excluding hydrogens is 411 g/mol. The number of hydrogen-bond acceptors (Lipinski definition) is 4. The van der Waals surface area contributed by atoms with E-state index in [9.17, 15) is 19.1 Å². The topological polar surface area (TPSA) is 74.1 Å². The van der Waals surface area contributed by atoms with Gasteiger partial charge >= 0.3 is 0 Å². The maximum absolute atomic E-state index is 13.6. The highest BCUT2D eigenvalue weighted by Gasteiger charge is 2.44. The Morgan fingerprint density at radius 3 is 2.34 bits per heavy atom. The van der Waals surface area contributed by atoms with Gasteiger partial charge in [0, 0.05) is 5.57 Å². The summed E-state index contributed by atoms with van der Waals surface area (Å²) in [6.45, 7) is 8.60. The predicted octanol–water partition coefficient (Wildman–Crippen LogP) is 1.29. The fourth-order valence-electron chi connectivity index (χ4n) is 4.14. The lowest BCUT2D eigenvalue weighted by Crippen LogP contribution is -3.12. The number of ketones is 1. The van der Waals surface area contributed by atoms with E-state index in [0.717, 1.165) is 13.1 Å². The number of amides is 1. The Kier molecular flexibility index (Phi) is 7.30. The van der Waals surface area contributed by atoms with Gasteiger partial charge in [-0.3, -0.25) is 9.59 Å². The van der Waals surface area contributed by atoms with Gasteiger partial charge in [-0.25, -0.2) is 4.39 Å². The summed E-state index contributed by atoms with van der Waals surface area (Å²) in [5, 5.41) is 13.5. The number of aryl methyl sites for hydroxylation is 1. The van der Waals surface area contributed by atoms with Crippen LogP contribution < -0.4 is 14.7 Å². The number of likely N-dealkylation sites (N-methyl/N-ethyl adjacent to an activating group) is 1. The first-order valence-corrected chi connectivity index (χ1v) is 10.8. The maximum Gasteiger partial charge on any atom is 0.295 e. The number of halogens is 1. The zero-order chi connectivity index (χ0) is 23.4. The van der Waals surface area contributed by atoms with Gasteiger partial charge in [-0.15, -0.1) is 0 Å². The summed E-state index contributed by atoms with van der Waals surface area (Å²) in [5.41, 5.74) is 1.43. The highest BCUT2D eigenvalue weighted by atomic mass is 19.1. The van der Waals surface area contributed by atoms with Crippen LogP contribution in [0.15, 0.2) is 48.0 Å². The Morgan fingerprint density at radius 2 is 1.78 bits per heavy atom. The maximum atomic E-state index is 13.6. The van der Waals surface area contributed by atoms with Crippen molar-refractivity contribution in [3.63, 3.8) is 0 Å². The van der Waals surface area contributed by atoms with Crippen molar-refractivity contribution in [1.82, 2.24) is 4.90 Å². The standard InChI is InChI=1S/C25H29FN2O4/c1-5-27(6-2)13-14-28-22(17-7-9-18(26)10-8-17)21(24(30)25(28)31)23(29)20-12-11-19(32-4)15-16(20)3/h7-12,15,22,29H,5-6,13-14H2,1-4H3/b23-21+. The minimum atomic E-state index is -0.848. The Morgan fingerprint density at radius 1 is 1.12 bits per heavy atom. The summed E-state index contributed by atoms with van der Waals surface area (Å²) < 4.78 is 18.8. The van der Waals surface area contributed by atoms with Crippen molar-refractivity contribution in [3.05, 3.63) is 70.5 Å². The van der Waals surface area contributed by atoms with Crippen molar-refractivity contribution in [2.45, 2.75) is 26.8 Å². The minimum Gasteiger partial charge on any atom is -0.872 e. The third kappa shape index (κ3) is 4.53. The number of nitrogens with zero attached hydrogens (tertiary/aromatic N) is 1. The van der Waals surface area contributed by atoms with Crippen LogP contribution in [-0.4, -0.2) is 49.9 Å². The highest BCUT2D eigenvalue weighted by molar-refractivity contribution is 6.46. The first-order valence-electron chi connectivity index (χ1n) is 10.8. The summed E-state index contributed by atoms with van der Waals surface area (Å²) in [5.74, 6) is -1.82. The predicted molar refractivity (Wildman–Crippen MR) is 117 cm³/mol. The van der Waals surface area contributed by atoms with Crippen LogP contribution in [0.4, 0.5) is 4.39 Å². The Bertz CT molecular complexity index is 1030. The number of rotatable bonds is 8. The lowest BCUT2D eigenvalue weighted by molar-refractivity contribution is -0.895. The summed E-state index contributed by atoms with van der Waals surface area (Å²) in [6, 6.07) is 9.72. The normalized spacial score (nSPS) is 17.9. The van der Waals surface area contributed by atoms with Crippen LogP contribution in [-0.2, 0) is 9.59 Å². The van der Waals surface area contributed by atoms with Gasteiger partial charge in [0.1, 0.15) is 11.6 Å². The number of nitrogens with one attached hydrogen (secondary N) is 1. The quantitative estimate of drug-likeness (QED) is 0.381. The first kappa shape index (κ1) is 23.5. The molecule has 7 heteroatoms. The second-order valence-corrected chi connectivity index (χ2v) is 7.91. The number of Topliss-reactive ketones (excluding diaryl/α,β-unsaturated/α-hetero) is 1. The zero-order valence-corrected chi connectivity index (χ0v) is 18.9. The van der Waals surface area contributed by atoms with E-state index >= 15 is 0 Å². The summed E-state index contributed by atoms with van der Waals surface area (Å²) >= 11 is 0. The van der Waals surface area contributed by atoms with Crippen LogP contribution in [0.3, 0.4) is 0 Å². The van der Waals surface area contributed by atoms with Crippen molar-refractivity contribution in [3.8, 4) is 5.75 Å². The molecule has 0 aliphatic carbocycles. The van der Waals surface area contributed by atoms with Gasteiger partial charge in [0.25, 0.3) is 5.91 Å². The van der Waals surface area contributed by atoms with Crippen LogP contribution in [0.5, 0.6) is 5.75 Å². The molecule has 0 spiro atoms. The molecule has 3 rings (SSSR count). The van der Waals surface area contributed by atoms with Crippen molar-refractivity contribution in [2.75, 3.05) is 33.3 Å². The molecule has 0 radical (unpaired) electrons. The molecule has 1 saturated heterocycles. The molecule has 2 aromatic rings. The average Bonchev–Trinajstić information content (AvgIpc) is 3.04. The number of likely N-dealkylation sites (tertiary alicyclic amines) is 1. The molecule has 0 aromatic heterocycles. The third-order valence-electron chi connectivity index (χ3n) is 6.10. The van der Waals surface area contributed by atoms with Crippen molar-refractivity contribution >= 4 is 17.4 Å². The summed E-state index contributed by atoms with van der Waals surface area (Å²) in [4.78, 5) is 28.7. The zero-order valence-electron chi connectivity index (χ0n) is 18.9. The van der Waals surface area contributed by atoms with Crippen LogP contribution >= 0.6 is 0 Å². The molecular formula is C25H29FN2O4. The molecule has 1 atom stereocenters. The van der Waals surface area contributed by atoms with Gasteiger partial charge in [-0.05, 0) is 61.7 Å². The van der Waals surface area contributed by atoms with Crippen LogP contribution in [0, 0.1) is 12.7 Å². The number of hydrogen-bond donors (Lipinski definition) is 1. The van der Waals surface area contributed by atoms with E-state index in [-0.39, 0.29) is 5.57 Å². The third-order valence-corrected chi connectivity index (χ3v) is 6.10. The van der Waals surface area contributed by atoms with E-state index in [1.165, 1.54) is 41.2 Å². The number of benzene rings is 2. The van der Waals surface area contributed by atoms with Crippen LogP contribution in [0.2, 0.25) is 0 Å². The van der Waals surface area contributed by atoms with Crippen molar-refractivity contribution in [2.24, 2.45) is 0 Å². The highest BCUT2D eigenvalue weighted by Crippen LogP contribution is 2.39. The number of methoxy groups -OCH3 is 1. The molecule has 6 nitrogen and oxygen atoms in total.